The largest absolute Gasteiger partial charge is 0.337 e. The van der Waals surface area contributed by atoms with Crippen LogP contribution in [-0.4, -0.2) is 46.0 Å². The van der Waals surface area contributed by atoms with Crippen molar-refractivity contribution < 1.29 is 4.79 Å². The molecule has 3 heterocycles. The van der Waals surface area contributed by atoms with E-state index < -0.39 is 0 Å². The highest BCUT2D eigenvalue weighted by molar-refractivity contribution is 6.30. The number of benzene rings is 2. The predicted molar refractivity (Wildman–Crippen MR) is 135 cm³/mol. The zero-order chi connectivity index (χ0) is 22.9. The molecule has 33 heavy (non-hydrogen) atoms. The van der Waals surface area contributed by atoms with Crippen molar-refractivity contribution in [1.29, 1.82) is 0 Å². The van der Waals surface area contributed by atoms with Gasteiger partial charge in [0.05, 0.1) is 29.4 Å². The van der Waals surface area contributed by atoms with E-state index in [0.29, 0.717) is 6.54 Å². The summed E-state index contributed by atoms with van der Waals surface area (Å²) in [5, 5.41) is 4.15. The van der Waals surface area contributed by atoms with E-state index in [1.165, 1.54) is 28.7 Å². The average Bonchev–Trinajstić information content (AvgIpc) is 3.27. The van der Waals surface area contributed by atoms with Gasteiger partial charge in [0.25, 0.3) is 0 Å². The van der Waals surface area contributed by atoms with Crippen molar-refractivity contribution in [1.82, 2.24) is 19.8 Å². The molecule has 6 heteroatoms. The molecule has 5 rings (SSSR count). The second kappa shape index (κ2) is 9.32. The first-order valence-corrected chi connectivity index (χ1v) is 12.3. The molecule has 5 nitrogen and oxygen atoms in total. The molecular weight excluding hydrogens is 432 g/mol. The summed E-state index contributed by atoms with van der Waals surface area (Å²) in [5.74, 6) is 0.255. The molecule has 0 saturated carbocycles. The van der Waals surface area contributed by atoms with Crippen LogP contribution in [-0.2, 0) is 4.79 Å². The normalized spacial score (nSPS) is 20.0. The first-order chi connectivity index (χ1) is 16.0. The molecule has 0 aliphatic carbocycles. The molecule has 1 saturated heterocycles. The molecule has 2 aliphatic heterocycles. The lowest BCUT2D eigenvalue weighted by atomic mass is 9.97. The molecule has 2 aromatic carbocycles. The van der Waals surface area contributed by atoms with Crippen molar-refractivity contribution in [2.75, 3.05) is 19.6 Å². The maximum Gasteiger partial charge on any atom is 0.239 e. The summed E-state index contributed by atoms with van der Waals surface area (Å²) in [6.45, 7) is 6.72. The SMILES string of the molecule is Cc1cc(Cl)ccc1C(C)n1cnc2ccc(C3=CCN(C(=O)C4CCCCN4)CC3)cc21. The second-order valence-corrected chi connectivity index (χ2v) is 9.73. The summed E-state index contributed by atoms with van der Waals surface area (Å²) >= 11 is 6.17. The summed E-state index contributed by atoms with van der Waals surface area (Å²) in [5.41, 5.74) is 7.06. The maximum absolute atomic E-state index is 12.9. The Labute approximate surface area is 200 Å². The third-order valence-electron chi connectivity index (χ3n) is 7.17. The number of fused-ring (bicyclic) bond motifs is 1. The molecule has 2 unspecified atom stereocenters. The van der Waals surface area contributed by atoms with Crippen LogP contribution < -0.4 is 5.32 Å². The van der Waals surface area contributed by atoms with Crippen LogP contribution in [0.2, 0.25) is 5.02 Å². The van der Waals surface area contributed by atoms with Gasteiger partial charge in [-0.25, -0.2) is 4.98 Å². The second-order valence-electron chi connectivity index (χ2n) is 9.30. The monoisotopic (exact) mass is 462 g/mol. The number of amides is 1. The lowest BCUT2D eigenvalue weighted by Crippen LogP contribution is -2.49. The van der Waals surface area contributed by atoms with E-state index in [9.17, 15) is 4.79 Å². The minimum atomic E-state index is -0.00258. The molecule has 2 atom stereocenters. The van der Waals surface area contributed by atoms with Crippen molar-refractivity contribution in [2.24, 2.45) is 0 Å². The number of halogens is 1. The number of rotatable bonds is 4. The summed E-state index contributed by atoms with van der Waals surface area (Å²) in [4.78, 5) is 19.5. The van der Waals surface area contributed by atoms with E-state index in [1.807, 2.05) is 23.4 Å². The Morgan fingerprint density at radius 3 is 2.82 bits per heavy atom. The van der Waals surface area contributed by atoms with E-state index in [1.54, 1.807) is 0 Å². The fourth-order valence-corrected chi connectivity index (χ4v) is 5.43. The number of aryl methyl sites for hydroxylation is 1. The minimum absolute atomic E-state index is 0.00258. The standard InChI is InChI=1S/C27H31ClN4O/c1-18-15-22(28)7-8-23(18)19(2)32-17-30-24-9-6-21(16-26(24)32)20-10-13-31(14-11-20)27(33)25-5-3-4-12-29-25/h6-10,15-17,19,25,29H,3-5,11-14H2,1-2H3. The highest BCUT2D eigenvalue weighted by Gasteiger charge is 2.27. The molecule has 2 aliphatic rings. The van der Waals surface area contributed by atoms with Crippen LogP contribution in [0.5, 0.6) is 0 Å². The van der Waals surface area contributed by atoms with E-state index in [4.69, 9.17) is 11.6 Å². The molecule has 0 radical (unpaired) electrons. The van der Waals surface area contributed by atoms with Gasteiger partial charge >= 0.3 is 0 Å². The van der Waals surface area contributed by atoms with Crippen LogP contribution in [0.4, 0.5) is 0 Å². The Hall–Kier alpha value is -2.63. The minimum Gasteiger partial charge on any atom is -0.337 e. The van der Waals surface area contributed by atoms with E-state index in [2.05, 4.69) is 59.1 Å². The molecule has 172 valence electrons. The fraction of sp³-hybridized carbons (Fsp3) is 0.407. The Balaban J connectivity index is 1.37. The number of piperidine rings is 1. The van der Waals surface area contributed by atoms with Gasteiger partial charge in [0.15, 0.2) is 0 Å². The van der Waals surface area contributed by atoms with Crippen LogP contribution in [0, 0.1) is 6.92 Å². The first-order valence-electron chi connectivity index (χ1n) is 12.0. The van der Waals surface area contributed by atoms with Crippen LogP contribution in [0.15, 0.2) is 48.8 Å². The summed E-state index contributed by atoms with van der Waals surface area (Å²) in [6, 6.07) is 12.7. The maximum atomic E-state index is 12.9. The third-order valence-corrected chi connectivity index (χ3v) is 7.41. The van der Waals surface area contributed by atoms with Gasteiger partial charge in [-0.05, 0) is 86.2 Å². The molecule has 1 fully saturated rings. The van der Waals surface area contributed by atoms with Gasteiger partial charge in [-0.3, -0.25) is 4.79 Å². The van der Waals surface area contributed by atoms with Crippen molar-refractivity contribution in [3.63, 3.8) is 0 Å². The fourth-order valence-electron chi connectivity index (χ4n) is 5.21. The predicted octanol–water partition coefficient (Wildman–Crippen LogP) is 5.37. The molecule has 0 spiro atoms. The number of hydrogen-bond donors (Lipinski definition) is 1. The van der Waals surface area contributed by atoms with Gasteiger partial charge in [-0.1, -0.05) is 36.2 Å². The van der Waals surface area contributed by atoms with Crippen LogP contribution in [0.25, 0.3) is 16.6 Å². The van der Waals surface area contributed by atoms with Crippen molar-refractivity contribution in [2.45, 2.75) is 51.6 Å². The molecule has 3 aromatic rings. The van der Waals surface area contributed by atoms with Gasteiger partial charge < -0.3 is 14.8 Å². The highest BCUT2D eigenvalue weighted by atomic mass is 35.5. The van der Waals surface area contributed by atoms with Gasteiger partial charge in [0.2, 0.25) is 5.91 Å². The van der Waals surface area contributed by atoms with E-state index in [0.717, 1.165) is 48.4 Å². The Bertz CT molecular complexity index is 1210. The molecule has 0 bridgehead atoms. The topological polar surface area (TPSA) is 50.2 Å². The van der Waals surface area contributed by atoms with Crippen molar-refractivity contribution in [3.05, 3.63) is 70.5 Å². The number of carbonyl (C=O) groups is 1. The first kappa shape index (κ1) is 22.2. The van der Waals surface area contributed by atoms with Gasteiger partial charge in [0.1, 0.15) is 0 Å². The number of carbonyl (C=O) groups excluding carboxylic acids is 1. The average molecular weight is 463 g/mol. The van der Waals surface area contributed by atoms with Crippen molar-refractivity contribution in [3.8, 4) is 0 Å². The number of nitrogens with one attached hydrogen (secondary N) is 1. The number of nitrogens with zero attached hydrogens (tertiary/aromatic N) is 3. The Morgan fingerprint density at radius 1 is 1.21 bits per heavy atom. The number of imidazole rings is 1. The Kier molecular flexibility index (Phi) is 6.26. The summed E-state index contributed by atoms with van der Waals surface area (Å²) in [7, 11) is 0. The molecular formula is C27H31ClN4O. The van der Waals surface area contributed by atoms with Gasteiger partial charge in [0, 0.05) is 18.1 Å². The summed E-state index contributed by atoms with van der Waals surface area (Å²) in [6.07, 6.45) is 8.30. The van der Waals surface area contributed by atoms with Gasteiger partial charge in [-0.2, -0.15) is 0 Å². The number of hydrogen-bond acceptors (Lipinski definition) is 3. The van der Waals surface area contributed by atoms with Crippen LogP contribution in [0.1, 0.15) is 55.3 Å². The molecule has 1 amide bonds. The van der Waals surface area contributed by atoms with Crippen LogP contribution >= 0.6 is 11.6 Å². The smallest absolute Gasteiger partial charge is 0.239 e. The summed E-state index contributed by atoms with van der Waals surface area (Å²) < 4.78 is 2.24. The van der Waals surface area contributed by atoms with E-state index >= 15 is 0 Å². The quantitative estimate of drug-likeness (QED) is 0.567. The molecule has 1 N–H and O–H groups in total. The number of aromatic nitrogens is 2. The zero-order valence-corrected chi connectivity index (χ0v) is 20.1. The zero-order valence-electron chi connectivity index (χ0n) is 19.4. The highest BCUT2D eigenvalue weighted by Crippen LogP contribution is 2.30. The molecule has 1 aromatic heterocycles. The van der Waals surface area contributed by atoms with Crippen LogP contribution in [0.3, 0.4) is 0 Å². The van der Waals surface area contributed by atoms with E-state index in [-0.39, 0.29) is 18.0 Å². The third kappa shape index (κ3) is 4.44. The van der Waals surface area contributed by atoms with Crippen molar-refractivity contribution >= 4 is 34.1 Å². The lowest BCUT2D eigenvalue weighted by Gasteiger charge is -2.32. The Morgan fingerprint density at radius 2 is 2.09 bits per heavy atom. The lowest BCUT2D eigenvalue weighted by molar-refractivity contribution is -0.133. The van der Waals surface area contributed by atoms with Gasteiger partial charge in [-0.15, -0.1) is 0 Å².